The molecule has 0 heterocycles. The highest BCUT2D eigenvalue weighted by molar-refractivity contribution is 6.70. The summed E-state index contributed by atoms with van der Waals surface area (Å²) in [6.45, 7) is 14.3. The second-order valence-electron chi connectivity index (χ2n) is 7.48. The number of hydrogen-bond donors (Lipinski definition) is 0. The maximum absolute atomic E-state index is 12.3. The molecule has 0 saturated carbocycles. The van der Waals surface area contributed by atoms with Gasteiger partial charge in [-0.3, -0.25) is 0 Å². The van der Waals surface area contributed by atoms with Gasteiger partial charge in [0.25, 0.3) is 0 Å². The number of esters is 1. The van der Waals surface area contributed by atoms with Crippen LogP contribution in [0.3, 0.4) is 0 Å². The normalized spacial score (nSPS) is 15.1. The first-order valence-corrected chi connectivity index (χ1v) is 14.3. The van der Waals surface area contributed by atoms with Gasteiger partial charge in [-0.05, 0) is 63.9 Å². The second kappa shape index (κ2) is 6.56. The average molecular weight is 341 g/mol. The van der Waals surface area contributed by atoms with Gasteiger partial charge in [-0.2, -0.15) is 0 Å². The molecule has 6 heteroatoms. The van der Waals surface area contributed by atoms with E-state index in [0.29, 0.717) is 0 Å². The summed E-state index contributed by atoms with van der Waals surface area (Å²) in [5.41, 5.74) is -0.304. The van der Waals surface area contributed by atoms with E-state index in [4.69, 9.17) is 13.6 Å². The van der Waals surface area contributed by atoms with Crippen LogP contribution in [-0.4, -0.2) is 29.7 Å². The number of carbonyl (C=O) groups excluding carboxylic acids is 1. The minimum Gasteiger partial charge on any atom is -0.544 e. The number of benzene rings is 1. The highest BCUT2D eigenvalue weighted by atomic mass is 28.4. The number of carbonyl (C=O) groups is 1. The van der Waals surface area contributed by atoms with Crippen LogP contribution in [0.4, 0.5) is 0 Å². The Morgan fingerprint density at radius 2 is 1.45 bits per heavy atom. The van der Waals surface area contributed by atoms with Gasteiger partial charge >= 0.3 is 5.97 Å². The third-order valence-electron chi connectivity index (χ3n) is 2.91. The molecular formula is C16H28O4Si2. The first kappa shape index (κ1) is 18.9. The van der Waals surface area contributed by atoms with E-state index in [-0.39, 0.29) is 5.97 Å². The van der Waals surface area contributed by atoms with E-state index in [1.165, 1.54) is 7.11 Å². The topological polar surface area (TPSA) is 44.8 Å². The molecule has 124 valence electrons. The van der Waals surface area contributed by atoms with E-state index in [9.17, 15) is 4.79 Å². The van der Waals surface area contributed by atoms with Crippen molar-refractivity contribution in [1.82, 2.24) is 0 Å². The lowest BCUT2D eigenvalue weighted by molar-refractivity contribution is -0.159. The summed E-state index contributed by atoms with van der Waals surface area (Å²) in [7, 11) is -2.19. The fourth-order valence-corrected chi connectivity index (χ4v) is 4.49. The van der Waals surface area contributed by atoms with Crippen molar-refractivity contribution >= 4 is 22.6 Å². The zero-order valence-electron chi connectivity index (χ0n) is 14.9. The third-order valence-corrected chi connectivity index (χ3v) is 4.78. The molecule has 1 aromatic carbocycles. The Labute approximate surface area is 136 Å². The average Bonchev–Trinajstić information content (AvgIpc) is 2.34. The summed E-state index contributed by atoms with van der Waals surface area (Å²) in [5, 5.41) is 0. The number of hydrogen-bond acceptors (Lipinski definition) is 4. The van der Waals surface area contributed by atoms with Crippen molar-refractivity contribution in [1.29, 1.82) is 0 Å². The van der Waals surface area contributed by atoms with Gasteiger partial charge in [0.15, 0.2) is 13.9 Å². The molecule has 0 amide bonds. The molecule has 0 aliphatic rings. The highest BCUT2D eigenvalue weighted by Gasteiger charge is 2.41. The Hall–Kier alpha value is -1.12. The predicted octanol–water partition coefficient (Wildman–Crippen LogP) is 4.14. The van der Waals surface area contributed by atoms with E-state index in [1.54, 1.807) is 6.92 Å². The van der Waals surface area contributed by atoms with E-state index in [1.807, 2.05) is 24.3 Å². The van der Waals surface area contributed by atoms with Crippen LogP contribution >= 0.6 is 0 Å². The van der Waals surface area contributed by atoms with Gasteiger partial charge in [0.05, 0.1) is 7.11 Å². The molecule has 0 bridgehead atoms. The zero-order chi connectivity index (χ0) is 17.2. The molecule has 0 spiro atoms. The standard InChI is InChI=1S/C16H28O4Si2/c1-16(15(17)18-2,20-22(6,7)8)13-9-11-14(12-10-13)19-21(3,4)5/h9-12H,1-8H3. The van der Waals surface area contributed by atoms with E-state index in [0.717, 1.165) is 11.3 Å². The number of ether oxygens (including phenoxy) is 1. The van der Waals surface area contributed by atoms with Gasteiger partial charge in [-0.25, -0.2) is 4.79 Å². The summed E-state index contributed by atoms with van der Waals surface area (Å²) < 4.78 is 17.0. The zero-order valence-corrected chi connectivity index (χ0v) is 16.9. The molecule has 0 aliphatic heterocycles. The van der Waals surface area contributed by atoms with Crippen molar-refractivity contribution in [3.8, 4) is 5.75 Å². The van der Waals surface area contributed by atoms with E-state index in [2.05, 4.69) is 39.3 Å². The fourth-order valence-electron chi connectivity index (χ4n) is 2.22. The molecular weight excluding hydrogens is 312 g/mol. The van der Waals surface area contributed by atoms with Crippen molar-refractivity contribution in [2.45, 2.75) is 51.8 Å². The molecule has 1 unspecified atom stereocenters. The van der Waals surface area contributed by atoms with Crippen LogP contribution in [0.1, 0.15) is 12.5 Å². The molecule has 0 saturated heterocycles. The molecule has 1 rings (SSSR count). The maximum atomic E-state index is 12.3. The molecule has 0 aromatic heterocycles. The van der Waals surface area contributed by atoms with E-state index >= 15 is 0 Å². The van der Waals surface area contributed by atoms with Gasteiger partial charge in [0.2, 0.25) is 8.32 Å². The van der Waals surface area contributed by atoms with Crippen molar-refractivity contribution in [2.24, 2.45) is 0 Å². The van der Waals surface area contributed by atoms with Crippen LogP contribution in [0.25, 0.3) is 0 Å². The van der Waals surface area contributed by atoms with E-state index < -0.39 is 22.2 Å². The van der Waals surface area contributed by atoms with Gasteiger partial charge in [-0.15, -0.1) is 0 Å². The smallest absolute Gasteiger partial charge is 0.341 e. The van der Waals surface area contributed by atoms with Gasteiger partial charge in [0.1, 0.15) is 5.75 Å². The van der Waals surface area contributed by atoms with Crippen molar-refractivity contribution < 1.29 is 18.4 Å². The largest absolute Gasteiger partial charge is 0.544 e. The lowest BCUT2D eigenvalue weighted by Gasteiger charge is -2.34. The monoisotopic (exact) mass is 340 g/mol. The predicted molar refractivity (Wildman–Crippen MR) is 94.2 cm³/mol. The van der Waals surface area contributed by atoms with Crippen molar-refractivity contribution in [3.63, 3.8) is 0 Å². The van der Waals surface area contributed by atoms with Crippen LogP contribution < -0.4 is 4.43 Å². The number of rotatable bonds is 6. The van der Waals surface area contributed by atoms with Crippen molar-refractivity contribution in [3.05, 3.63) is 29.8 Å². The third kappa shape index (κ3) is 5.26. The van der Waals surface area contributed by atoms with Crippen LogP contribution in [0.15, 0.2) is 24.3 Å². The number of methoxy groups -OCH3 is 1. The van der Waals surface area contributed by atoms with Gasteiger partial charge in [0, 0.05) is 0 Å². The Balaban J connectivity index is 3.13. The van der Waals surface area contributed by atoms with Crippen molar-refractivity contribution in [2.75, 3.05) is 7.11 Å². The molecule has 0 N–H and O–H groups in total. The summed E-state index contributed by atoms with van der Waals surface area (Å²) in [6.07, 6.45) is 0. The second-order valence-corrected chi connectivity index (χ2v) is 16.3. The molecule has 1 atom stereocenters. The van der Waals surface area contributed by atoms with Crippen LogP contribution in [0.2, 0.25) is 39.3 Å². The quantitative estimate of drug-likeness (QED) is 0.577. The van der Waals surface area contributed by atoms with Gasteiger partial charge < -0.3 is 13.6 Å². The molecule has 22 heavy (non-hydrogen) atoms. The molecule has 1 aromatic rings. The first-order valence-electron chi connectivity index (χ1n) is 7.45. The Bertz CT molecular complexity index is 514. The lowest BCUT2D eigenvalue weighted by Crippen LogP contribution is -2.44. The molecule has 0 radical (unpaired) electrons. The van der Waals surface area contributed by atoms with Crippen LogP contribution in [0.5, 0.6) is 5.75 Å². The minimum absolute atomic E-state index is 0.381. The van der Waals surface area contributed by atoms with Crippen LogP contribution in [-0.2, 0) is 19.6 Å². The lowest BCUT2D eigenvalue weighted by atomic mass is 9.96. The van der Waals surface area contributed by atoms with Gasteiger partial charge in [-0.1, -0.05) is 12.1 Å². The molecule has 4 nitrogen and oxygen atoms in total. The fraction of sp³-hybridized carbons (Fsp3) is 0.562. The first-order chi connectivity index (χ1) is 9.87. The molecule has 0 aliphatic carbocycles. The summed E-state index contributed by atoms with van der Waals surface area (Å²) in [6, 6.07) is 7.55. The summed E-state index contributed by atoms with van der Waals surface area (Å²) >= 11 is 0. The Morgan fingerprint density at radius 3 is 1.82 bits per heavy atom. The maximum Gasteiger partial charge on any atom is 0.341 e. The SMILES string of the molecule is COC(=O)C(C)(O[Si](C)(C)C)c1ccc(O[Si](C)(C)C)cc1. The molecule has 0 fully saturated rings. The Kier molecular flexibility index (Phi) is 5.64. The minimum atomic E-state index is -1.93. The summed E-state index contributed by atoms with van der Waals surface area (Å²) in [4.78, 5) is 12.3. The van der Waals surface area contributed by atoms with Crippen LogP contribution in [0, 0.1) is 0 Å². The highest BCUT2D eigenvalue weighted by Crippen LogP contribution is 2.32. The Morgan fingerprint density at radius 1 is 0.955 bits per heavy atom. The summed E-state index contributed by atoms with van der Waals surface area (Å²) in [5.74, 6) is 0.442.